The van der Waals surface area contributed by atoms with Crippen LogP contribution in [-0.2, 0) is 11.2 Å². The predicted molar refractivity (Wildman–Crippen MR) is 75.1 cm³/mol. The molecule has 0 bridgehead atoms. The molecule has 112 valence electrons. The highest BCUT2D eigenvalue weighted by atomic mass is 19.1. The van der Waals surface area contributed by atoms with Crippen molar-refractivity contribution in [3.63, 3.8) is 0 Å². The minimum absolute atomic E-state index is 0.123. The highest BCUT2D eigenvalue weighted by Crippen LogP contribution is 2.24. The van der Waals surface area contributed by atoms with Gasteiger partial charge in [-0.3, -0.25) is 4.79 Å². The number of carbonyl (C=O) groups is 1. The summed E-state index contributed by atoms with van der Waals surface area (Å²) in [4.78, 5) is 12.1. The smallest absolute Gasteiger partial charge is 0.227 e. The molecule has 0 radical (unpaired) electrons. The second-order valence-electron chi connectivity index (χ2n) is 4.93. The van der Waals surface area contributed by atoms with E-state index in [9.17, 15) is 13.6 Å². The van der Waals surface area contributed by atoms with Crippen molar-refractivity contribution in [3.05, 3.63) is 35.4 Å². The molecule has 5 heteroatoms. The molecule has 1 amide bonds. The summed E-state index contributed by atoms with van der Waals surface area (Å²) in [6, 6.07) is 3.32. The molecule has 0 unspecified atom stereocenters. The van der Waals surface area contributed by atoms with E-state index in [0.717, 1.165) is 18.2 Å². The highest BCUT2D eigenvalue weighted by molar-refractivity contribution is 5.82. The lowest BCUT2D eigenvalue weighted by Crippen LogP contribution is -2.45. The van der Waals surface area contributed by atoms with E-state index in [1.165, 1.54) is 0 Å². The summed E-state index contributed by atoms with van der Waals surface area (Å²) >= 11 is 0. The number of nitrogens with two attached hydrogens (primary N) is 1. The van der Waals surface area contributed by atoms with Crippen molar-refractivity contribution >= 4 is 5.91 Å². The minimum atomic E-state index is -0.569. The van der Waals surface area contributed by atoms with Crippen molar-refractivity contribution in [2.75, 3.05) is 13.1 Å². The Bertz CT molecular complexity index is 451. The topological polar surface area (TPSA) is 55.1 Å². The van der Waals surface area contributed by atoms with E-state index in [2.05, 4.69) is 5.32 Å². The van der Waals surface area contributed by atoms with Crippen LogP contribution in [0.1, 0.15) is 32.3 Å². The van der Waals surface area contributed by atoms with Crippen LogP contribution in [0.2, 0.25) is 0 Å². The molecular weight excluding hydrogens is 262 g/mol. The lowest BCUT2D eigenvalue weighted by atomic mass is 9.81. The first-order chi connectivity index (χ1) is 9.49. The van der Waals surface area contributed by atoms with Crippen LogP contribution in [0.15, 0.2) is 18.2 Å². The molecule has 0 fully saturated rings. The molecule has 1 rings (SSSR count). The molecular formula is C15H22F2N2O. The maximum atomic E-state index is 13.4. The summed E-state index contributed by atoms with van der Waals surface area (Å²) in [5, 5.41) is 2.76. The molecule has 20 heavy (non-hydrogen) atoms. The van der Waals surface area contributed by atoms with Gasteiger partial charge >= 0.3 is 0 Å². The minimum Gasteiger partial charge on any atom is -0.355 e. The van der Waals surface area contributed by atoms with Crippen molar-refractivity contribution in [2.45, 2.75) is 33.1 Å². The van der Waals surface area contributed by atoms with Gasteiger partial charge in [0, 0.05) is 13.1 Å². The number of carbonyl (C=O) groups excluding carboxylic acids is 1. The summed E-state index contributed by atoms with van der Waals surface area (Å²) < 4.78 is 26.4. The third-order valence-electron chi connectivity index (χ3n) is 3.91. The number of halogens is 2. The van der Waals surface area contributed by atoms with Crippen LogP contribution in [0.5, 0.6) is 0 Å². The standard InChI is InChI=1S/C15H22F2N2O/c1-3-15(4-2,10-18)14(20)19-8-7-11-9-12(16)5-6-13(11)17/h5-6,9H,3-4,7-8,10,18H2,1-2H3,(H,19,20). The molecule has 0 aromatic heterocycles. The van der Waals surface area contributed by atoms with E-state index in [-0.39, 0.29) is 31.0 Å². The zero-order valence-electron chi connectivity index (χ0n) is 12.0. The molecule has 0 aliphatic heterocycles. The first-order valence-electron chi connectivity index (χ1n) is 6.91. The quantitative estimate of drug-likeness (QED) is 0.807. The molecule has 0 atom stereocenters. The lowest BCUT2D eigenvalue weighted by Gasteiger charge is -2.28. The van der Waals surface area contributed by atoms with Crippen LogP contribution in [0.25, 0.3) is 0 Å². The Kier molecular flexibility index (Phi) is 6.07. The van der Waals surface area contributed by atoms with Crippen molar-refractivity contribution in [1.82, 2.24) is 5.32 Å². The van der Waals surface area contributed by atoms with E-state index in [1.807, 2.05) is 13.8 Å². The second kappa shape index (κ2) is 7.33. The Hall–Kier alpha value is -1.49. The van der Waals surface area contributed by atoms with Gasteiger partial charge in [-0.15, -0.1) is 0 Å². The van der Waals surface area contributed by atoms with Gasteiger partial charge < -0.3 is 11.1 Å². The third-order valence-corrected chi connectivity index (χ3v) is 3.91. The van der Waals surface area contributed by atoms with E-state index in [1.54, 1.807) is 0 Å². The van der Waals surface area contributed by atoms with Gasteiger partial charge in [0.1, 0.15) is 11.6 Å². The van der Waals surface area contributed by atoms with Crippen molar-refractivity contribution in [2.24, 2.45) is 11.1 Å². The van der Waals surface area contributed by atoms with Gasteiger partial charge in [0.05, 0.1) is 5.41 Å². The van der Waals surface area contributed by atoms with Crippen molar-refractivity contribution in [3.8, 4) is 0 Å². The van der Waals surface area contributed by atoms with Crippen LogP contribution < -0.4 is 11.1 Å². The normalized spacial score (nSPS) is 11.4. The Labute approximate surface area is 118 Å². The fourth-order valence-corrected chi connectivity index (χ4v) is 2.19. The molecule has 1 aromatic carbocycles. The molecule has 0 heterocycles. The molecule has 3 N–H and O–H groups in total. The number of nitrogens with one attached hydrogen (secondary N) is 1. The summed E-state index contributed by atoms with van der Waals surface area (Å²) in [6.07, 6.45) is 1.56. The predicted octanol–water partition coefficient (Wildman–Crippen LogP) is 2.39. The molecule has 0 saturated heterocycles. The van der Waals surface area contributed by atoms with Crippen LogP contribution >= 0.6 is 0 Å². The summed E-state index contributed by atoms with van der Waals surface area (Å²) in [5.41, 5.74) is 5.38. The van der Waals surface area contributed by atoms with Crippen LogP contribution in [0, 0.1) is 17.0 Å². The van der Waals surface area contributed by atoms with E-state index >= 15 is 0 Å². The molecule has 0 saturated carbocycles. The van der Waals surface area contributed by atoms with Gasteiger partial charge in [-0.1, -0.05) is 13.8 Å². The second-order valence-corrected chi connectivity index (χ2v) is 4.93. The van der Waals surface area contributed by atoms with Gasteiger partial charge in [0.2, 0.25) is 5.91 Å². The zero-order valence-corrected chi connectivity index (χ0v) is 12.0. The average molecular weight is 284 g/mol. The first kappa shape index (κ1) is 16.6. The molecule has 0 spiro atoms. The van der Waals surface area contributed by atoms with Crippen LogP contribution in [0.4, 0.5) is 8.78 Å². The van der Waals surface area contributed by atoms with Gasteiger partial charge in [-0.25, -0.2) is 8.78 Å². The van der Waals surface area contributed by atoms with E-state index < -0.39 is 17.0 Å². The van der Waals surface area contributed by atoms with Gasteiger partial charge in [-0.2, -0.15) is 0 Å². The van der Waals surface area contributed by atoms with Crippen LogP contribution in [0.3, 0.4) is 0 Å². The Morgan fingerprint density at radius 2 is 1.95 bits per heavy atom. The molecule has 1 aromatic rings. The van der Waals surface area contributed by atoms with Crippen LogP contribution in [-0.4, -0.2) is 19.0 Å². The number of hydrogen-bond donors (Lipinski definition) is 2. The molecule has 0 aliphatic rings. The van der Waals surface area contributed by atoms with Gasteiger partial charge in [0.25, 0.3) is 0 Å². The summed E-state index contributed by atoms with van der Waals surface area (Å²) in [7, 11) is 0. The van der Waals surface area contributed by atoms with E-state index in [0.29, 0.717) is 12.8 Å². The number of amides is 1. The largest absolute Gasteiger partial charge is 0.355 e. The Balaban J connectivity index is 2.60. The Morgan fingerprint density at radius 1 is 1.30 bits per heavy atom. The summed E-state index contributed by atoms with van der Waals surface area (Å²) in [6.45, 7) is 4.38. The summed E-state index contributed by atoms with van der Waals surface area (Å²) in [5.74, 6) is -1.07. The maximum Gasteiger partial charge on any atom is 0.227 e. The average Bonchev–Trinajstić information content (AvgIpc) is 2.45. The molecule has 3 nitrogen and oxygen atoms in total. The highest BCUT2D eigenvalue weighted by Gasteiger charge is 2.32. The first-order valence-corrected chi connectivity index (χ1v) is 6.91. The maximum absolute atomic E-state index is 13.4. The molecule has 0 aliphatic carbocycles. The van der Waals surface area contributed by atoms with Gasteiger partial charge in [0.15, 0.2) is 0 Å². The number of rotatable bonds is 7. The fourth-order valence-electron chi connectivity index (χ4n) is 2.19. The number of hydrogen-bond acceptors (Lipinski definition) is 2. The third kappa shape index (κ3) is 3.76. The Morgan fingerprint density at radius 3 is 2.50 bits per heavy atom. The zero-order chi connectivity index (χ0) is 15.2. The van der Waals surface area contributed by atoms with E-state index in [4.69, 9.17) is 5.73 Å². The monoisotopic (exact) mass is 284 g/mol. The van der Waals surface area contributed by atoms with Crippen molar-refractivity contribution in [1.29, 1.82) is 0 Å². The number of benzene rings is 1. The lowest BCUT2D eigenvalue weighted by molar-refractivity contribution is -0.131. The fraction of sp³-hybridized carbons (Fsp3) is 0.533. The van der Waals surface area contributed by atoms with Gasteiger partial charge in [-0.05, 0) is 43.0 Å². The van der Waals surface area contributed by atoms with Crippen molar-refractivity contribution < 1.29 is 13.6 Å². The SMILES string of the molecule is CCC(CC)(CN)C(=O)NCCc1cc(F)ccc1F.